The van der Waals surface area contributed by atoms with Crippen molar-refractivity contribution in [3.8, 4) is 0 Å². The summed E-state index contributed by atoms with van der Waals surface area (Å²) >= 11 is 0. The Morgan fingerprint density at radius 3 is 2.25 bits per heavy atom. The van der Waals surface area contributed by atoms with E-state index in [9.17, 15) is 0 Å². The van der Waals surface area contributed by atoms with Crippen molar-refractivity contribution < 1.29 is 0 Å². The van der Waals surface area contributed by atoms with Crippen LogP contribution in [0.4, 0.5) is 0 Å². The molecule has 0 aliphatic rings. The highest BCUT2D eigenvalue weighted by atomic mass is 14.9. The average Bonchev–Trinajstić information content (AvgIpc) is 2.39. The molecule has 0 aliphatic heterocycles. The van der Waals surface area contributed by atoms with E-state index >= 15 is 0 Å². The van der Waals surface area contributed by atoms with Crippen LogP contribution in [0.15, 0.2) is 24.3 Å². The Morgan fingerprint density at radius 1 is 1.05 bits per heavy atom. The first-order valence-corrected chi connectivity index (χ1v) is 8.24. The molecule has 1 aromatic rings. The van der Waals surface area contributed by atoms with Gasteiger partial charge in [0, 0.05) is 6.04 Å². The maximum Gasteiger partial charge on any atom is 0.0348 e. The Bertz CT molecular complexity index is 389. The van der Waals surface area contributed by atoms with Gasteiger partial charge in [0.1, 0.15) is 0 Å². The van der Waals surface area contributed by atoms with E-state index in [-0.39, 0.29) is 5.41 Å². The van der Waals surface area contributed by atoms with Crippen molar-refractivity contribution >= 4 is 0 Å². The van der Waals surface area contributed by atoms with Crippen LogP contribution in [-0.4, -0.2) is 6.54 Å². The van der Waals surface area contributed by atoms with Crippen LogP contribution in [0.1, 0.15) is 78.0 Å². The van der Waals surface area contributed by atoms with Crippen molar-refractivity contribution in [3.05, 3.63) is 35.4 Å². The maximum absolute atomic E-state index is 3.78. The third-order valence-electron chi connectivity index (χ3n) is 4.03. The summed E-state index contributed by atoms with van der Waals surface area (Å²) in [5.74, 6) is 0.676. The van der Waals surface area contributed by atoms with Crippen LogP contribution in [0.5, 0.6) is 0 Å². The number of nitrogens with one attached hydrogen (secondary N) is 1. The zero-order chi connectivity index (χ0) is 15.2. The highest BCUT2D eigenvalue weighted by Gasteiger charge is 2.25. The summed E-state index contributed by atoms with van der Waals surface area (Å²) in [6.45, 7) is 14.9. The topological polar surface area (TPSA) is 12.0 Å². The summed E-state index contributed by atoms with van der Waals surface area (Å²) in [5, 5.41) is 3.78. The standard InChI is InChI=1S/C19H33N/c1-7-11-15(3)18(20-14-8-2)16-12-9-10-13-17(16)19(4,5)6/h9-10,12-13,15,18,20H,7-8,11,14H2,1-6H3. The van der Waals surface area contributed by atoms with E-state index in [1.165, 1.54) is 30.4 Å². The minimum Gasteiger partial charge on any atom is -0.310 e. The van der Waals surface area contributed by atoms with Crippen molar-refractivity contribution in [1.82, 2.24) is 5.32 Å². The summed E-state index contributed by atoms with van der Waals surface area (Å²) in [6, 6.07) is 9.45. The molecule has 0 fully saturated rings. The lowest BCUT2D eigenvalue weighted by Crippen LogP contribution is -2.30. The Balaban J connectivity index is 3.12. The Morgan fingerprint density at radius 2 is 1.70 bits per heavy atom. The second kappa shape index (κ2) is 7.83. The zero-order valence-electron chi connectivity index (χ0n) is 14.3. The first kappa shape index (κ1) is 17.2. The molecule has 1 aromatic carbocycles. The van der Waals surface area contributed by atoms with Gasteiger partial charge in [-0.25, -0.2) is 0 Å². The first-order valence-electron chi connectivity index (χ1n) is 8.24. The van der Waals surface area contributed by atoms with Gasteiger partial charge < -0.3 is 5.32 Å². The van der Waals surface area contributed by atoms with Gasteiger partial charge >= 0.3 is 0 Å². The molecule has 0 spiro atoms. The monoisotopic (exact) mass is 275 g/mol. The van der Waals surface area contributed by atoms with Crippen molar-refractivity contribution in [2.24, 2.45) is 5.92 Å². The van der Waals surface area contributed by atoms with E-state index in [1.54, 1.807) is 0 Å². The molecule has 2 atom stereocenters. The van der Waals surface area contributed by atoms with E-state index in [2.05, 4.69) is 71.1 Å². The van der Waals surface area contributed by atoms with Crippen LogP contribution in [0, 0.1) is 5.92 Å². The van der Waals surface area contributed by atoms with Crippen LogP contribution < -0.4 is 5.32 Å². The largest absolute Gasteiger partial charge is 0.310 e. The van der Waals surface area contributed by atoms with Crippen LogP contribution in [-0.2, 0) is 5.41 Å². The van der Waals surface area contributed by atoms with Gasteiger partial charge in [0.25, 0.3) is 0 Å². The van der Waals surface area contributed by atoms with Crippen molar-refractivity contribution in [3.63, 3.8) is 0 Å². The molecule has 1 nitrogen and oxygen atoms in total. The summed E-state index contributed by atoms with van der Waals surface area (Å²) in [7, 11) is 0. The maximum atomic E-state index is 3.78. The minimum atomic E-state index is 0.203. The fourth-order valence-electron chi connectivity index (χ4n) is 2.99. The lowest BCUT2D eigenvalue weighted by atomic mass is 9.79. The van der Waals surface area contributed by atoms with Crippen molar-refractivity contribution in [1.29, 1.82) is 0 Å². The fourth-order valence-corrected chi connectivity index (χ4v) is 2.99. The van der Waals surface area contributed by atoms with E-state index in [0.29, 0.717) is 12.0 Å². The summed E-state index contributed by atoms with van der Waals surface area (Å²) in [5.41, 5.74) is 3.18. The zero-order valence-corrected chi connectivity index (χ0v) is 14.3. The average molecular weight is 275 g/mol. The van der Waals surface area contributed by atoms with Gasteiger partial charge in [0.05, 0.1) is 0 Å². The molecule has 0 amide bonds. The van der Waals surface area contributed by atoms with E-state index in [4.69, 9.17) is 0 Å². The van der Waals surface area contributed by atoms with Gasteiger partial charge in [-0.3, -0.25) is 0 Å². The molecule has 2 unspecified atom stereocenters. The van der Waals surface area contributed by atoms with Crippen LogP contribution in [0.2, 0.25) is 0 Å². The number of hydrogen-bond donors (Lipinski definition) is 1. The Kier molecular flexibility index (Phi) is 6.75. The molecule has 0 aromatic heterocycles. The highest BCUT2D eigenvalue weighted by Crippen LogP contribution is 2.34. The quantitative estimate of drug-likeness (QED) is 0.696. The summed E-state index contributed by atoms with van der Waals surface area (Å²) < 4.78 is 0. The lowest BCUT2D eigenvalue weighted by Gasteiger charge is -2.31. The molecule has 1 rings (SSSR count). The first-order chi connectivity index (χ1) is 9.41. The molecule has 0 heterocycles. The molecule has 0 radical (unpaired) electrons. The Labute approximate surface area is 126 Å². The third-order valence-corrected chi connectivity index (χ3v) is 4.03. The van der Waals surface area contributed by atoms with E-state index < -0.39 is 0 Å². The second-order valence-electron chi connectivity index (χ2n) is 7.04. The van der Waals surface area contributed by atoms with Gasteiger partial charge in [-0.15, -0.1) is 0 Å². The molecular formula is C19H33N. The predicted octanol–water partition coefficient (Wildman–Crippen LogP) is 5.46. The SMILES string of the molecule is CCCNC(c1ccccc1C(C)(C)C)C(C)CCC. The Hall–Kier alpha value is -0.820. The van der Waals surface area contributed by atoms with Crippen LogP contribution >= 0.6 is 0 Å². The molecule has 0 bridgehead atoms. The molecule has 0 saturated carbocycles. The minimum absolute atomic E-state index is 0.203. The number of benzene rings is 1. The van der Waals surface area contributed by atoms with E-state index in [0.717, 1.165) is 6.54 Å². The fraction of sp³-hybridized carbons (Fsp3) is 0.684. The lowest BCUT2D eigenvalue weighted by molar-refractivity contribution is 0.358. The van der Waals surface area contributed by atoms with Gasteiger partial charge in [0.2, 0.25) is 0 Å². The molecule has 0 saturated heterocycles. The molecule has 1 N–H and O–H groups in total. The molecule has 114 valence electrons. The van der Waals surface area contributed by atoms with Crippen LogP contribution in [0.25, 0.3) is 0 Å². The van der Waals surface area contributed by atoms with Crippen molar-refractivity contribution in [2.45, 2.75) is 72.3 Å². The predicted molar refractivity (Wildman–Crippen MR) is 90.2 cm³/mol. The van der Waals surface area contributed by atoms with Gasteiger partial charge in [-0.1, -0.05) is 72.2 Å². The molecule has 0 aliphatic carbocycles. The van der Waals surface area contributed by atoms with Crippen molar-refractivity contribution in [2.75, 3.05) is 6.54 Å². The smallest absolute Gasteiger partial charge is 0.0348 e. The van der Waals surface area contributed by atoms with Crippen LogP contribution in [0.3, 0.4) is 0 Å². The van der Waals surface area contributed by atoms with Gasteiger partial charge in [-0.2, -0.15) is 0 Å². The second-order valence-corrected chi connectivity index (χ2v) is 7.04. The molecular weight excluding hydrogens is 242 g/mol. The molecule has 20 heavy (non-hydrogen) atoms. The van der Waals surface area contributed by atoms with E-state index in [1.807, 2.05) is 0 Å². The normalized spacial score (nSPS) is 15.1. The molecule has 1 heteroatoms. The van der Waals surface area contributed by atoms with Gasteiger partial charge in [0.15, 0.2) is 0 Å². The summed E-state index contributed by atoms with van der Waals surface area (Å²) in [6.07, 6.45) is 3.72. The number of hydrogen-bond acceptors (Lipinski definition) is 1. The highest BCUT2D eigenvalue weighted by molar-refractivity contribution is 5.35. The van der Waals surface area contributed by atoms with Gasteiger partial charge in [-0.05, 0) is 41.8 Å². The summed E-state index contributed by atoms with van der Waals surface area (Å²) in [4.78, 5) is 0. The number of rotatable bonds is 7. The third kappa shape index (κ3) is 4.63.